The first-order valence-corrected chi connectivity index (χ1v) is 33.1. The normalized spacial score (nSPS) is 29.4. The quantitative estimate of drug-likeness (QED) is 0.0995. The molecule has 7 nitrogen and oxygen atoms in total. The van der Waals surface area contributed by atoms with Crippen LogP contribution in [0.4, 0.5) is 0 Å². The number of hydrogen-bond donors (Lipinski definition) is 0. The second-order valence-electron chi connectivity index (χ2n) is 21.9. The Hall–Kier alpha value is -0.416. The van der Waals surface area contributed by atoms with Gasteiger partial charge in [-0.2, -0.15) is 0 Å². The minimum Gasteiger partial charge on any atom is -0.414 e. The van der Waals surface area contributed by atoms with Gasteiger partial charge in [-0.15, -0.1) is 23.5 Å². The van der Waals surface area contributed by atoms with Gasteiger partial charge in [0.25, 0.3) is 0 Å². The highest BCUT2D eigenvalue weighted by atomic mass is 32.2. The van der Waals surface area contributed by atoms with Gasteiger partial charge in [0, 0.05) is 18.8 Å². The third-order valence-corrected chi connectivity index (χ3v) is 28.9. The van der Waals surface area contributed by atoms with Crippen molar-refractivity contribution < 1.29 is 31.5 Å². The molecule has 0 spiro atoms. The van der Waals surface area contributed by atoms with E-state index in [2.05, 4.69) is 118 Å². The zero-order valence-corrected chi connectivity index (χ0v) is 44.6. The first kappa shape index (κ1) is 51.6. The zero-order chi connectivity index (χ0) is 45.0. The lowest BCUT2D eigenvalue weighted by Crippen LogP contribution is -2.48. The lowest BCUT2D eigenvalue weighted by molar-refractivity contribution is -0.0753. The fourth-order valence-electron chi connectivity index (χ4n) is 8.79. The second-order valence-corrected chi connectivity index (χ2v) is 36.4. The van der Waals surface area contributed by atoms with Crippen LogP contribution in [0.15, 0.2) is 53.5 Å². The summed E-state index contributed by atoms with van der Waals surface area (Å²) in [7, 11) is -7.80. The molecule has 4 saturated heterocycles. The molecule has 5 rings (SSSR count). The Morgan fingerprint density at radius 3 is 2.07 bits per heavy atom. The van der Waals surface area contributed by atoms with Crippen molar-refractivity contribution in [3.8, 4) is 0 Å². The molecule has 0 unspecified atom stereocenters. The Balaban J connectivity index is 1.29. The van der Waals surface area contributed by atoms with Gasteiger partial charge in [-0.1, -0.05) is 80.7 Å². The average Bonchev–Trinajstić information content (AvgIpc) is 3.73. The van der Waals surface area contributed by atoms with E-state index in [1.807, 2.05) is 12.1 Å². The highest BCUT2D eigenvalue weighted by molar-refractivity contribution is 8.17. The zero-order valence-electron chi connectivity index (χ0n) is 40.2. The first-order chi connectivity index (χ1) is 28.4. The van der Waals surface area contributed by atoms with Crippen LogP contribution in [-0.4, -0.2) is 96.2 Å². The smallest absolute Gasteiger partial charge is 0.192 e. The maximum absolute atomic E-state index is 14.1. The van der Waals surface area contributed by atoms with Crippen LogP contribution in [-0.2, 0) is 39.3 Å². The maximum atomic E-state index is 14.1. The molecule has 348 valence electrons. The molecule has 1 aromatic carbocycles. The van der Waals surface area contributed by atoms with Crippen LogP contribution in [0.25, 0.3) is 0 Å². The number of aryl methyl sites for hydroxylation is 1. The molecule has 4 aliphatic heterocycles. The molecular weight excluding hydrogens is 853 g/mol. The van der Waals surface area contributed by atoms with Gasteiger partial charge in [0.05, 0.1) is 64.6 Å². The average molecular weight is 938 g/mol. The van der Waals surface area contributed by atoms with Crippen LogP contribution in [0.1, 0.15) is 125 Å². The molecule has 0 bridgehead atoms. The van der Waals surface area contributed by atoms with Gasteiger partial charge in [-0.25, -0.2) is 8.42 Å². The Bertz CT molecular complexity index is 1700. The summed E-state index contributed by atoms with van der Waals surface area (Å²) in [5.74, 6) is 2.70. The molecule has 4 fully saturated rings. The number of ether oxygens (including phenoxy) is 3. The molecule has 4 aliphatic rings. The molecule has 61 heavy (non-hydrogen) atoms. The third kappa shape index (κ3) is 14.3. The van der Waals surface area contributed by atoms with E-state index in [1.54, 1.807) is 12.1 Å². The summed E-state index contributed by atoms with van der Waals surface area (Å²) in [4.78, 5) is 0.380. The van der Waals surface area contributed by atoms with E-state index >= 15 is 0 Å². The van der Waals surface area contributed by atoms with Gasteiger partial charge in [-0.05, 0) is 140 Å². The summed E-state index contributed by atoms with van der Waals surface area (Å²) < 4.78 is 63.6. The topological polar surface area (TPSA) is 80.3 Å². The van der Waals surface area contributed by atoms with E-state index < -0.39 is 26.5 Å². The fraction of sp³-hybridized carbons (Fsp3) is 0.796. The van der Waals surface area contributed by atoms with Gasteiger partial charge < -0.3 is 23.1 Å². The number of hydrogen-bond acceptors (Lipinski definition) is 9. The summed E-state index contributed by atoms with van der Waals surface area (Å²) in [6.45, 7) is 36.7. The minimum atomic E-state index is -3.57. The molecule has 0 N–H and O–H groups in total. The van der Waals surface area contributed by atoms with E-state index in [-0.39, 0.29) is 64.5 Å². The number of benzene rings is 1. The molecule has 4 heterocycles. The summed E-state index contributed by atoms with van der Waals surface area (Å²) in [6.07, 6.45) is 9.71. The molecule has 0 amide bonds. The van der Waals surface area contributed by atoms with Crippen molar-refractivity contribution in [2.45, 2.75) is 214 Å². The van der Waals surface area contributed by atoms with Crippen LogP contribution in [0, 0.1) is 11.8 Å². The standard InChI is InChI=1S/C49H84O7S3Si2/c1-15-37-17-21-43(22-18-37)59(50,51)33-38-29-41(30-42(56-61(13,14)49(8,9)10)32-52-60(11,12)48(5,6)7)55-46(38)31-45-36(4)34(2)27-39(54-45)19-23-44-35(3)28-40(53-44)20-24-47-57-25-16-26-58-47/h17-18,21-22,34,38-42,44-47H,3-4,15-16,19-20,23-33H2,1-2,5-14H3/t34-,38-,39-,40-,41-,42-,44-,45+,46-/m0/s1. The van der Waals surface area contributed by atoms with E-state index in [0.717, 1.165) is 49.7 Å². The lowest BCUT2D eigenvalue weighted by atomic mass is 9.83. The summed E-state index contributed by atoms with van der Waals surface area (Å²) >= 11 is 4.23. The van der Waals surface area contributed by atoms with Crippen molar-refractivity contribution in [2.75, 3.05) is 23.9 Å². The van der Waals surface area contributed by atoms with Crippen LogP contribution < -0.4 is 0 Å². The second kappa shape index (κ2) is 21.5. The molecular formula is C49H84O7S3Si2. The van der Waals surface area contributed by atoms with Crippen molar-refractivity contribution in [1.29, 1.82) is 0 Å². The Morgan fingerprint density at radius 2 is 1.44 bits per heavy atom. The fourth-order valence-corrected chi connectivity index (χ4v) is 15.7. The third-order valence-electron chi connectivity index (χ3n) is 15.0. The van der Waals surface area contributed by atoms with Gasteiger partial charge in [0.15, 0.2) is 26.5 Å². The van der Waals surface area contributed by atoms with Crippen molar-refractivity contribution in [1.82, 2.24) is 0 Å². The molecule has 0 radical (unpaired) electrons. The molecule has 0 aromatic heterocycles. The lowest BCUT2D eigenvalue weighted by Gasteiger charge is -2.42. The number of thioether (sulfide) groups is 2. The van der Waals surface area contributed by atoms with Crippen molar-refractivity contribution in [2.24, 2.45) is 11.8 Å². The van der Waals surface area contributed by atoms with Gasteiger partial charge in [-0.3, -0.25) is 0 Å². The number of rotatable bonds is 19. The van der Waals surface area contributed by atoms with Crippen LogP contribution in [0.3, 0.4) is 0 Å². The summed E-state index contributed by atoms with van der Waals surface area (Å²) in [5, 5.41) is 0.103. The van der Waals surface area contributed by atoms with Crippen LogP contribution >= 0.6 is 23.5 Å². The Kier molecular flexibility index (Phi) is 18.2. The largest absolute Gasteiger partial charge is 0.414 e. The van der Waals surface area contributed by atoms with E-state index in [4.69, 9.17) is 23.1 Å². The summed E-state index contributed by atoms with van der Waals surface area (Å²) in [6, 6.07) is 7.42. The van der Waals surface area contributed by atoms with Gasteiger partial charge >= 0.3 is 0 Å². The molecule has 0 aliphatic carbocycles. The van der Waals surface area contributed by atoms with Crippen LogP contribution in [0.5, 0.6) is 0 Å². The molecule has 0 saturated carbocycles. The monoisotopic (exact) mass is 936 g/mol. The van der Waals surface area contributed by atoms with Crippen molar-refractivity contribution in [3.63, 3.8) is 0 Å². The van der Waals surface area contributed by atoms with Crippen LogP contribution in [0.2, 0.25) is 36.3 Å². The maximum Gasteiger partial charge on any atom is 0.192 e. The van der Waals surface area contributed by atoms with Crippen molar-refractivity contribution >= 4 is 50.0 Å². The van der Waals surface area contributed by atoms with Crippen molar-refractivity contribution in [3.05, 3.63) is 54.1 Å². The Morgan fingerprint density at radius 1 is 0.820 bits per heavy atom. The van der Waals surface area contributed by atoms with E-state index in [0.29, 0.717) is 41.3 Å². The predicted octanol–water partition coefficient (Wildman–Crippen LogP) is 12.8. The van der Waals surface area contributed by atoms with E-state index in [9.17, 15) is 8.42 Å². The molecule has 1 aromatic rings. The minimum absolute atomic E-state index is 0.0307. The highest BCUT2D eigenvalue weighted by Crippen LogP contribution is 2.44. The molecule has 9 atom stereocenters. The molecule has 12 heteroatoms. The first-order valence-electron chi connectivity index (χ1n) is 23.6. The SMILES string of the molecule is C=C1C[C@H](CCC2SCCCS2)O[C@H]1CC[C@H]1C[C@H](C)C(=C)[C@@H](C[C@@H]2O[C@H](C[C@@H](CO[Si](C)(C)C(C)(C)C)O[Si](C)(C)C(C)(C)C)C[C@H]2CS(=O)(=O)c2ccc(CC)cc2)O1. The van der Waals surface area contributed by atoms with Gasteiger partial charge in [0.1, 0.15) is 0 Å². The summed E-state index contributed by atoms with van der Waals surface area (Å²) in [5.41, 5.74) is 3.44. The predicted molar refractivity (Wildman–Crippen MR) is 265 cm³/mol. The highest BCUT2D eigenvalue weighted by Gasteiger charge is 2.46. The van der Waals surface area contributed by atoms with Gasteiger partial charge in [0.2, 0.25) is 0 Å². The Labute approximate surface area is 383 Å². The van der Waals surface area contributed by atoms with E-state index in [1.165, 1.54) is 29.9 Å². The number of sulfone groups is 1.